The number of hydrogen-bond acceptors (Lipinski definition) is 2. The molecular weight excluding hydrogens is 248 g/mol. The highest BCUT2D eigenvalue weighted by Gasteiger charge is 2.26. The maximum Gasteiger partial charge on any atom is 0.308 e. The minimum atomic E-state index is 0.0633. The second kappa shape index (κ2) is 10.9. The zero-order chi connectivity index (χ0) is 14.6. The molecule has 0 aromatic rings. The molecule has 0 amide bonds. The van der Waals surface area contributed by atoms with Crippen LogP contribution < -0.4 is 0 Å². The highest BCUT2D eigenvalue weighted by Crippen LogP contribution is 2.32. The summed E-state index contributed by atoms with van der Waals surface area (Å²) in [6.45, 7) is 4.90. The number of esters is 1. The summed E-state index contributed by atoms with van der Waals surface area (Å²) in [5.41, 5.74) is 0. The van der Waals surface area contributed by atoms with Crippen LogP contribution in [0.1, 0.15) is 78.1 Å². The number of allylic oxidation sites excluding steroid dienone is 2. The van der Waals surface area contributed by atoms with Crippen molar-refractivity contribution in [3.63, 3.8) is 0 Å². The van der Waals surface area contributed by atoms with Gasteiger partial charge in [-0.2, -0.15) is 0 Å². The predicted octanol–water partition coefficient (Wildman–Crippen LogP) is 5.27. The van der Waals surface area contributed by atoms with Crippen molar-refractivity contribution in [3.05, 3.63) is 12.2 Å². The molecule has 0 aliphatic heterocycles. The van der Waals surface area contributed by atoms with Gasteiger partial charge in [0.2, 0.25) is 0 Å². The standard InChI is InChI=1S/C18H32O2/c1-3-5-7-9-15-20-18(19)17-13-11-16(12-14-17)10-8-6-4-2/h4,6,16-17H,3,5,7-15H2,1-2H3. The summed E-state index contributed by atoms with van der Waals surface area (Å²) in [6, 6.07) is 0. The number of carbonyl (C=O) groups excluding carboxylic acids is 1. The summed E-state index contributed by atoms with van der Waals surface area (Å²) in [5, 5.41) is 0. The van der Waals surface area contributed by atoms with Gasteiger partial charge in [0.1, 0.15) is 0 Å². The Morgan fingerprint density at radius 2 is 1.90 bits per heavy atom. The first kappa shape index (κ1) is 17.3. The lowest BCUT2D eigenvalue weighted by Crippen LogP contribution is -2.24. The number of unbranched alkanes of at least 4 members (excludes halogenated alkanes) is 3. The summed E-state index contributed by atoms with van der Waals surface area (Å²) < 4.78 is 5.41. The van der Waals surface area contributed by atoms with Gasteiger partial charge < -0.3 is 4.74 Å². The number of carbonyl (C=O) groups is 1. The van der Waals surface area contributed by atoms with Crippen LogP contribution in [0, 0.1) is 11.8 Å². The van der Waals surface area contributed by atoms with Gasteiger partial charge in [0.15, 0.2) is 0 Å². The van der Waals surface area contributed by atoms with Gasteiger partial charge in [-0.25, -0.2) is 0 Å². The number of hydrogen-bond donors (Lipinski definition) is 0. The van der Waals surface area contributed by atoms with E-state index in [2.05, 4.69) is 26.0 Å². The molecule has 0 aromatic heterocycles. The van der Waals surface area contributed by atoms with Gasteiger partial charge in [-0.3, -0.25) is 4.79 Å². The second-order valence-corrected chi connectivity index (χ2v) is 6.09. The third-order valence-corrected chi connectivity index (χ3v) is 4.40. The van der Waals surface area contributed by atoms with Crippen LogP contribution in [0.15, 0.2) is 12.2 Å². The van der Waals surface area contributed by atoms with Crippen molar-refractivity contribution in [2.75, 3.05) is 6.61 Å². The van der Waals surface area contributed by atoms with Crippen LogP contribution in [-0.4, -0.2) is 12.6 Å². The van der Waals surface area contributed by atoms with E-state index in [0.29, 0.717) is 6.61 Å². The van der Waals surface area contributed by atoms with E-state index in [9.17, 15) is 4.79 Å². The van der Waals surface area contributed by atoms with Crippen LogP contribution in [0.2, 0.25) is 0 Å². The lowest BCUT2D eigenvalue weighted by Gasteiger charge is -2.27. The lowest BCUT2D eigenvalue weighted by atomic mass is 9.80. The average Bonchev–Trinajstić information content (AvgIpc) is 2.48. The van der Waals surface area contributed by atoms with Crippen LogP contribution in [0.5, 0.6) is 0 Å². The molecule has 0 N–H and O–H groups in total. The molecule has 20 heavy (non-hydrogen) atoms. The van der Waals surface area contributed by atoms with Crippen molar-refractivity contribution >= 4 is 5.97 Å². The molecule has 0 atom stereocenters. The Hall–Kier alpha value is -0.790. The smallest absolute Gasteiger partial charge is 0.308 e. The zero-order valence-corrected chi connectivity index (χ0v) is 13.4. The molecule has 0 heterocycles. The summed E-state index contributed by atoms with van der Waals surface area (Å²) in [5.74, 6) is 1.06. The molecule has 0 radical (unpaired) electrons. The Morgan fingerprint density at radius 1 is 1.15 bits per heavy atom. The molecule has 2 heteroatoms. The molecule has 1 fully saturated rings. The fourth-order valence-electron chi connectivity index (χ4n) is 3.00. The van der Waals surface area contributed by atoms with Crippen LogP contribution in [0.4, 0.5) is 0 Å². The van der Waals surface area contributed by atoms with Crippen LogP contribution >= 0.6 is 0 Å². The molecule has 116 valence electrons. The predicted molar refractivity (Wildman–Crippen MR) is 84.6 cm³/mol. The Balaban J connectivity index is 2.09. The first-order valence-corrected chi connectivity index (χ1v) is 8.55. The van der Waals surface area contributed by atoms with Gasteiger partial charge in [0.05, 0.1) is 12.5 Å². The Labute approximate surface area is 125 Å². The highest BCUT2D eigenvalue weighted by molar-refractivity contribution is 5.72. The summed E-state index contributed by atoms with van der Waals surface area (Å²) >= 11 is 0. The van der Waals surface area contributed by atoms with E-state index in [1.165, 1.54) is 44.9 Å². The molecule has 1 saturated carbocycles. The molecule has 1 rings (SSSR count). The van der Waals surface area contributed by atoms with E-state index in [0.717, 1.165) is 25.2 Å². The third-order valence-electron chi connectivity index (χ3n) is 4.40. The van der Waals surface area contributed by atoms with Crippen molar-refractivity contribution in [2.24, 2.45) is 11.8 Å². The van der Waals surface area contributed by atoms with Gasteiger partial charge in [-0.05, 0) is 57.8 Å². The van der Waals surface area contributed by atoms with Crippen LogP contribution in [0.3, 0.4) is 0 Å². The molecule has 0 aromatic carbocycles. The van der Waals surface area contributed by atoms with Crippen molar-refractivity contribution in [1.29, 1.82) is 0 Å². The van der Waals surface area contributed by atoms with E-state index < -0.39 is 0 Å². The van der Waals surface area contributed by atoms with Gasteiger partial charge in [0.25, 0.3) is 0 Å². The lowest BCUT2D eigenvalue weighted by molar-refractivity contribution is -0.150. The van der Waals surface area contributed by atoms with Crippen molar-refractivity contribution in [3.8, 4) is 0 Å². The van der Waals surface area contributed by atoms with Gasteiger partial charge in [-0.1, -0.05) is 38.3 Å². The minimum Gasteiger partial charge on any atom is -0.465 e. The van der Waals surface area contributed by atoms with Crippen molar-refractivity contribution in [1.82, 2.24) is 0 Å². The maximum absolute atomic E-state index is 12.0. The molecule has 2 nitrogen and oxygen atoms in total. The minimum absolute atomic E-state index is 0.0633. The van der Waals surface area contributed by atoms with Crippen molar-refractivity contribution < 1.29 is 9.53 Å². The molecule has 0 spiro atoms. The highest BCUT2D eigenvalue weighted by atomic mass is 16.5. The fraction of sp³-hybridized carbons (Fsp3) is 0.833. The largest absolute Gasteiger partial charge is 0.465 e. The normalized spacial score (nSPS) is 23.1. The molecule has 0 saturated heterocycles. The van der Waals surface area contributed by atoms with E-state index in [1.54, 1.807) is 0 Å². The van der Waals surface area contributed by atoms with Crippen LogP contribution in [-0.2, 0) is 9.53 Å². The third kappa shape index (κ3) is 7.12. The first-order chi connectivity index (χ1) is 9.77. The molecule has 1 aliphatic carbocycles. The number of rotatable bonds is 9. The van der Waals surface area contributed by atoms with Crippen LogP contribution in [0.25, 0.3) is 0 Å². The average molecular weight is 280 g/mol. The van der Waals surface area contributed by atoms with Crippen molar-refractivity contribution in [2.45, 2.75) is 78.1 Å². The number of ether oxygens (including phenoxy) is 1. The van der Waals surface area contributed by atoms with Gasteiger partial charge >= 0.3 is 5.97 Å². The van der Waals surface area contributed by atoms with E-state index in [4.69, 9.17) is 4.74 Å². The van der Waals surface area contributed by atoms with Gasteiger partial charge in [0, 0.05) is 0 Å². The first-order valence-electron chi connectivity index (χ1n) is 8.55. The van der Waals surface area contributed by atoms with E-state index >= 15 is 0 Å². The van der Waals surface area contributed by atoms with E-state index in [-0.39, 0.29) is 11.9 Å². The Kier molecular flexibility index (Phi) is 9.44. The molecular formula is C18H32O2. The maximum atomic E-state index is 12.0. The second-order valence-electron chi connectivity index (χ2n) is 6.09. The quantitative estimate of drug-likeness (QED) is 0.326. The SMILES string of the molecule is CC=CCCC1CCC(C(=O)OCCCCCC)CC1. The topological polar surface area (TPSA) is 26.3 Å². The molecule has 1 aliphatic rings. The molecule has 0 bridgehead atoms. The fourth-order valence-corrected chi connectivity index (χ4v) is 3.00. The monoisotopic (exact) mass is 280 g/mol. The Bertz CT molecular complexity index is 275. The van der Waals surface area contributed by atoms with E-state index in [1.807, 2.05) is 0 Å². The summed E-state index contributed by atoms with van der Waals surface area (Å²) in [4.78, 5) is 12.0. The summed E-state index contributed by atoms with van der Waals surface area (Å²) in [7, 11) is 0. The molecule has 0 unspecified atom stereocenters. The van der Waals surface area contributed by atoms with Gasteiger partial charge in [-0.15, -0.1) is 0 Å². The summed E-state index contributed by atoms with van der Waals surface area (Å²) in [6.07, 6.45) is 16.0. The Morgan fingerprint density at radius 3 is 2.55 bits per heavy atom. The zero-order valence-electron chi connectivity index (χ0n) is 13.4.